The number of rotatable bonds is 6. The van der Waals surface area contributed by atoms with Gasteiger partial charge in [0.25, 0.3) is 5.56 Å². The van der Waals surface area contributed by atoms with Gasteiger partial charge in [0.1, 0.15) is 5.76 Å². The third-order valence-corrected chi connectivity index (χ3v) is 4.07. The Balaban J connectivity index is 1.34. The molecule has 3 heterocycles. The van der Waals surface area contributed by atoms with Crippen LogP contribution < -0.4 is 10.9 Å². The van der Waals surface area contributed by atoms with Gasteiger partial charge in [-0.05, 0) is 19.1 Å². The van der Waals surface area contributed by atoms with E-state index in [1.54, 1.807) is 31.2 Å². The molecule has 3 aromatic heterocycles. The molecule has 28 heavy (non-hydrogen) atoms. The first-order valence-electron chi connectivity index (χ1n) is 8.57. The predicted molar refractivity (Wildman–Crippen MR) is 97.0 cm³/mol. The van der Waals surface area contributed by atoms with Gasteiger partial charge in [-0.15, -0.1) is 0 Å². The zero-order chi connectivity index (χ0) is 19.5. The lowest BCUT2D eigenvalue weighted by Gasteiger charge is -2.06. The van der Waals surface area contributed by atoms with Gasteiger partial charge in [-0.1, -0.05) is 22.4 Å². The van der Waals surface area contributed by atoms with E-state index >= 15 is 0 Å². The molecule has 0 aliphatic rings. The highest BCUT2D eigenvalue weighted by Crippen LogP contribution is 2.15. The van der Waals surface area contributed by atoms with Crippen LogP contribution in [-0.2, 0) is 17.9 Å². The molecular formula is C18H16N6O4. The van der Waals surface area contributed by atoms with Crippen molar-refractivity contribution in [2.24, 2.45) is 0 Å². The fourth-order valence-electron chi connectivity index (χ4n) is 2.65. The van der Waals surface area contributed by atoms with E-state index in [1.807, 2.05) is 6.07 Å². The van der Waals surface area contributed by atoms with E-state index in [4.69, 9.17) is 9.05 Å². The Labute approximate surface area is 158 Å². The van der Waals surface area contributed by atoms with Crippen LogP contribution in [0.3, 0.4) is 0 Å². The first-order valence-corrected chi connectivity index (χ1v) is 8.57. The smallest absolute Gasteiger partial charge is 0.261 e. The van der Waals surface area contributed by atoms with Crippen LogP contribution >= 0.6 is 0 Å². The third-order valence-electron chi connectivity index (χ3n) is 4.07. The summed E-state index contributed by atoms with van der Waals surface area (Å²) in [6.07, 6.45) is 1.56. The Morgan fingerprint density at radius 3 is 2.89 bits per heavy atom. The molecule has 10 heteroatoms. The van der Waals surface area contributed by atoms with Gasteiger partial charge < -0.3 is 14.4 Å². The SMILES string of the molecule is Cc1cc(-c2noc(CNC(=O)CCn3cnc4ccccc4c3=O)n2)no1. The number of nitrogens with zero attached hydrogens (tertiary/aromatic N) is 5. The number of hydrogen-bond acceptors (Lipinski definition) is 8. The number of carbonyl (C=O) groups excluding carboxylic acids is 1. The molecule has 4 rings (SSSR count). The van der Waals surface area contributed by atoms with Crippen molar-refractivity contribution in [1.29, 1.82) is 0 Å². The summed E-state index contributed by atoms with van der Waals surface area (Å²) < 4.78 is 11.5. The minimum absolute atomic E-state index is 0.0769. The van der Waals surface area contributed by atoms with Gasteiger partial charge in [-0.2, -0.15) is 4.98 Å². The highest BCUT2D eigenvalue weighted by molar-refractivity contribution is 5.77. The molecule has 0 aliphatic carbocycles. The fraction of sp³-hybridized carbons (Fsp3) is 0.222. The molecule has 0 aliphatic heterocycles. The van der Waals surface area contributed by atoms with Crippen molar-refractivity contribution in [2.75, 3.05) is 0 Å². The van der Waals surface area contributed by atoms with Crippen LogP contribution in [0.2, 0.25) is 0 Å². The van der Waals surface area contributed by atoms with Crippen molar-refractivity contribution < 1.29 is 13.8 Å². The second-order valence-corrected chi connectivity index (χ2v) is 6.12. The number of nitrogens with one attached hydrogen (secondary N) is 1. The molecule has 0 saturated heterocycles. The number of aryl methyl sites for hydroxylation is 2. The molecular weight excluding hydrogens is 364 g/mol. The van der Waals surface area contributed by atoms with Crippen LogP contribution in [0.4, 0.5) is 0 Å². The van der Waals surface area contributed by atoms with Gasteiger partial charge in [0.05, 0.1) is 23.8 Å². The molecule has 4 aromatic rings. The normalized spacial score (nSPS) is 11.0. The lowest BCUT2D eigenvalue weighted by molar-refractivity contribution is -0.121. The second kappa shape index (κ2) is 7.43. The van der Waals surface area contributed by atoms with E-state index in [1.165, 1.54) is 10.9 Å². The molecule has 0 spiro atoms. The Bertz CT molecular complexity index is 1190. The van der Waals surface area contributed by atoms with Crippen LogP contribution in [0.15, 0.2) is 50.5 Å². The van der Waals surface area contributed by atoms with Crippen LogP contribution in [0.5, 0.6) is 0 Å². The lowest BCUT2D eigenvalue weighted by Crippen LogP contribution is -2.27. The number of aromatic nitrogens is 5. The highest BCUT2D eigenvalue weighted by Gasteiger charge is 2.13. The number of para-hydroxylation sites is 1. The maximum Gasteiger partial charge on any atom is 0.261 e. The van der Waals surface area contributed by atoms with Gasteiger partial charge in [-0.25, -0.2) is 4.98 Å². The Kier molecular flexibility index (Phi) is 4.67. The third kappa shape index (κ3) is 3.65. The van der Waals surface area contributed by atoms with E-state index < -0.39 is 0 Å². The molecule has 0 fully saturated rings. The van der Waals surface area contributed by atoms with Crippen molar-refractivity contribution in [2.45, 2.75) is 26.4 Å². The standard InChI is InChI=1S/C18H16N6O4/c1-11-8-14(22-27-11)17-21-16(28-23-17)9-19-15(25)6-7-24-10-20-13-5-3-2-4-12(13)18(24)26/h2-5,8,10H,6-7,9H2,1H3,(H,19,25). The molecule has 1 aromatic carbocycles. The van der Waals surface area contributed by atoms with E-state index in [0.717, 1.165) is 0 Å². The Hall–Kier alpha value is -3.82. The van der Waals surface area contributed by atoms with Crippen molar-refractivity contribution in [3.8, 4) is 11.5 Å². The van der Waals surface area contributed by atoms with Crippen molar-refractivity contribution in [1.82, 2.24) is 30.2 Å². The second-order valence-electron chi connectivity index (χ2n) is 6.12. The van der Waals surface area contributed by atoms with Crippen molar-refractivity contribution in [3.63, 3.8) is 0 Å². The molecule has 1 N–H and O–H groups in total. The largest absolute Gasteiger partial charge is 0.361 e. The molecule has 0 unspecified atom stereocenters. The van der Waals surface area contributed by atoms with E-state index in [0.29, 0.717) is 22.4 Å². The molecule has 0 saturated carbocycles. The Morgan fingerprint density at radius 2 is 2.07 bits per heavy atom. The van der Waals surface area contributed by atoms with Crippen molar-refractivity contribution in [3.05, 3.63) is 58.7 Å². The molecule has 1 amide bonds. The summed E-state index contributed by atoms with van der Waals surface area (Å²) in [6, 6.07) is 8.76. The number of fused-ring (bicyclic) bond motifs is 1. The predicted octanol–water partition coefficient (Wildman–Crippen LogP) is 1.45. The highest BCUT2D eigenvalue weighted by atomic mass is 16.5. The average molecular weight is 380 g/mol. The van der Waals surface area contributed by atoms with Crippen LogP contribution in [0, 0.1) is 6.92 Å². The monoisotopic (exact) mass is 380 g/mol. The van der Waals surface area contributed by atoms with Crippen molar-refractivity contribution >= 4 is 16.8 Å². The summed E-state index contributed by atoms with van der Waals surface area (Å²) in [6.45, 7) is 2.05. The van der Waals surface area contributed by atoms with Crippen LogP contribution in [0.1, 0.15) is 18.1 Å². The van der Waals surface area contributed by atoms with E-state index in [-0.39, 0.29) is 42.7 Å². The summed E-state index contributed by atoms with van der Waals surface area (Å²) in [4.78, 5) is 32.9. The van der Waals surface area contributed by atoms with E-state index in [2.05, 4.69) is 25.6 Å². The number of amides is 1. The minimum atomic E-state index is -0.253. The number of hydrogen-bond donors (Lipinski definition) is 1. The molecule has 10 nitrogen and oxygen atoms in total. The Morgan fingerprint density at radius 1 is 1.21 bits per heavy atom. The summed E-state index contributed by atoms with van der Waals surface area (Å²) >= 11 is 0. The van der Waals surface area contributed by atoms with Gasteiger partial charge in [0, 0.05) is 19.0 Å². The van der Waals surface area contributed by atoms with Crippen LogP contribution in [0.25, 0.3) is 22.4 Å². The minimum Gasteiger partial charge on any atom is -0.361 e. The zero-order valence-corrected chi connectivity index (χ0v) is 15.0. The summed E-state index contributed by atoms with van der Waals surface area (Å²) in [5, 5.41) is 10.8. The molecule has 0 atom stereocenters. The van der Waals surface area contributed by atoms with Gasteiger partial charge in [-0.3, -0.25) is 14.2 Å². The number of carbonyl (C=O) groups is 1. The van der Waals surface area contributed by atoms with E-state index in [9.17, 15) is 9.59 Å². The van der Waals surface area contributed by atoms with Gasteiger partial charge in [0.2, 0.25) is 17.6 Å². The summed E-state index contributed by atoms with van der Waals surface area (Å²) in [5.74, 6) is 0.911. The first-order chi connectivity index (χ1) is 13.6. The quantitative estimate of drug-likeness (QED) is 0.532. The molecule has 0 bridgehead atoms. The van der Waals surface area contributed by atoms with Gasteiger partial charge in [0.15, 0.2) is 5.69 Å². The molecule has 0 radical (unpaired) electrons. The first kappa shape index (κ1) is 17.6. The maximum atomic E-state index is 12.4. The number of benzene rings is 1. The summed E-state index contributed by atoms with van der Waals surface area (Å²) in [7, 11) is 0. The zero-order valence-electron chi connectivity index (χ0n) is 15.0. The lowest BCUT2D eigenvalue weighted by atomic mass is 10.2. The fourth-order valence-corrected chi connectivity index (χ4v) is 2.65. The molecule has 142 valence electrons. The summed E-state index contributed by atoms with van der Waals surface area (Å²) in [5.41, 5.74) is 0.910. The topological polar surface area (TPSA) is 129 Å². The van der Waals surface area contributed by atoms with Crippen LogP contribution in [-0.4, -0.2) is 30.8 Å². The van der Waals surface area contributed by atoms with Gasteiger partial charge >= 0.3 is 0 Å². The maximum absolute atomic E-state index is 12.4. The average Bonchev–Trinajstić information content (AvgIpc) is 3.35.